The molecule has 0 aliphatic heterocycles. The Bertz CT molecular complexity index is 949. The molecule has 0 fully saturated rings. The lowest BCUT2D eigenvalue weighted by atomic mass is 10.1. The maximum atomic E-state index is 13.8. The van der Waals surface area contributed by atoms with Gasteiger partial charge in [-0.15, -0.1) is 0 Å². The van der Waals surface area contributed by atoms with Crippen LogP contribution in [-0.4, -0.2) is 8.42 Å². The quantitative estimate of drug-likeness (QED) is 0.685. The molecule has 3 rings (SSSR count). The van der Waals surface area contributed by atoms with Crippen LogP contribution in [0.1, 0.15) is 5.56 Å². The van der Waals surface area contributed by atoms with Crippen LogP contribution >= 0.6 is 0 Å². The molecule has 3 nitrogen and oxygen atoms in total. The molecule has 3 aromatic carbocycles. The van der Waals surface area contributed by atoms with Gasteiger partial charge in [-0.25, -0.2) is 4.39 Å². The Kier molecular flexibility index (Phi) is 3.58. The molecule has 0 saturated heterocycles. The fraction of sp³-hybridized carbons (Fsp3) is 0.0588. The van der Waals surface area contributed by atoms with Crippen molar-refractivity contribution in [1.29, 1.82) is 0 Å². The van der Waals surface area contributed by atoms with Crippen LogP contribution in [0.2, 0.25) is 0 Å². The van der Waals surface area contributed by atoms with E-state index in [1.165, 1.54) is 12.1 Å². The minimum absolute atomic E-state index is 0.152. The first-order valence-corrected chi connectivity index (χ1v) is 8.06. The molecule has 3 aromatic rings. The largest absolute Gasteiger partial charge is 0.379 e. The van der Waals surface area contributed by atoms with Crippen LogP contribution in [0.25, 0.3) is 10.8 Å². The van der Waals surface area contributed by atoms with Crippen LogP contribution in [0.5, 0.6) is 5.75 Å². The molecule has 0 N–H and O–H groups in total. The summed E-state index contributed by atoms with van der Waals surface area (Å²) in [4.78, 5) is -0.466. The number of hydrogen-bond donors (Lipinski definition) is 0. The summed E-state index contributed by atoms with van der Waals surface area (Å²) in [7, 11) is -4.20. The van der Waals surface area contributed by atoms with Crippen molar-refractivity contribution in [2.24, 2.45) is 0 Å². The first-order valence-electron chi connectivity index (χ1n) is 6.65. The average molecular weight is 316 g/mol. The lowest BCUT2D eigenvalue weighted by Crippen LogP contribution is -2.11. The van der Waals surface area contributed by atoms with Gasteiger partial charge in [-0.1, -0.05) is 36.4 Å². The van der Waals surface area contributed by atoms with Crippen molar-refractivity contribution in [3.63, 3.8) is 0 Å². The van der Waals surface area contributed by atoms with Crippen molar-refractivity contribution in [1.82, 2.24) is 0 Å². The van der Waals surface area contributed by atoms with E-state index in [4.69, 9.17) is 4.18 Å². The van der Waals surface area contributed by atoms with Crippen LogP contribution in [0.4, 0.5) is 4.39 Å². The number of fused-ring (bicyclic) bond motifs is 1. The van der Waals surface area contributed by atoms with Gasteiger partial charge >= 0.3 is 10.1 Å². The predicted molar refractivity (Wildman–Crippen MR) is 82.9 cm³/mol. The molecular weight excluding hydrogens is 303 g/mol. The van der Waals surface area contributed by atoms with E-state index in [-0.39, 0.29) is 5.75 Å². The molecule has 0 radical (unpaired) electrons. The van der Waals surface area contributed by atoms with Gasteiger partial charge < -0.3 is 4.18 Å². The zero-order chi connectivity index (χ0) is 15.7. The van der Waals surface area contributed by atoms with Gasteiger partial charge in [0.1, 0.15) is 16.5 Å². The Morgan fingerprint density at radius 1 is 0.909 bits per heavy atom. The first kappa shape index (κ1) is 14.5. The summed E-state index contributed by atoms with van der Waals surface area (Å²) in [5.74, 6) is -0.667. The van der Waals surface area contributed by atoms with Gasteiger partial charge in [0.15, 0.2) is 0 Å². The summed E-state index contributed by atoms with van der Waals surface area (Å²) in [5.41, 5.74) is 0.641. The maximum Gasteiger partial charge on any atom is 0.342 e. The van der Waals surface area contributed by atoms with Crippen LogP contribution < -0.4 is 4.18 Å². The molecule has 112 valence electrons. The number of benzene rings is 3. The third-order valence-electron chi connectivity index (χ3n) is 3.28. The summed E-state index contributed by atoms with van der Waals surface area (Å²) in [6.07, 6.45) is 0. The maximum absolute atomic E-state index is 13.8. The van der Waals surface area contributed by atoms with Gasteiger partial charge in [-0.2, -0.15) is 8.42 Å². The van der Waals surface area contributed by atoms with Crippen LogP contribution in [0, 0.1) is 12.7 Å². The van der Waals surface area contributed by atoms with E-state index in [1.54, 1.807) is 25.1 Å². The highest BCUT2D eigenvalue weighted by Crippen LogP contribution is 2.25. The van der Waals surface area contributed by atoms with Crippen molar-refractivity contribution in [2.45, 2.75) is 11.8 Å². The number of rotatable bonds is 3. The van der Waals surface area contributed by atoms with E-state index < -0.39 is 20.8 Å². The summed E-state index contributed by atoms with van der Waals surface area (Å²) in [6, 6.07) is 16.3. The monoisotopic (exact) mass is 316 g/mol. The zero-order valence-corrected chi connectivity index (χ0v) is 12.6. The topological polar surface area (TPSA) is 43.4 Å². The van der Waals surface area contributed by atoms with E-state index in [9.17, 15) is 12.8 Å². The smallest absolute Gasteiger partial charge is 0.342 e. The van der Waals surface area contributed by atoms with Gasteiger partial charge in [0.2, 0.25) is 0 Å². The summed E-state index contributed by atoms with van der Waals surface area (Å²) >= 11 is 0. The van der Waals surface area contributed by atoms with Gasteiger partial charge in [0.05, 0.1) is 0 Å². The minimum Gasteiger partial charge on any atom is -0.379 e. The molecule has 5 heteroatoms. The SMILES string of the molecule is Cc1ccc(S(=O)(=O)Oc2ccc3ccccc3c2)c(F)c1. The first-order chi connectivity index (χ1) is 10.5. The number of aryl methyl sites for hydroxylation is 1. The highest BCUT2D eigenvalue weighted by molar-refractivity contribution is 7.87. The Hall–Kier alpha value is -2.40. The van der Waals surface area contributed by atoms with Gasteiger partial charge in [0, 0.05) is 0 Å². The molecule has 22 heavy (non-hydrogen) atoms. The van der Waals surface area contributed by atoms with E-state index in [2.05, 4.69) is 0 Å². The molecule has 0 saturated carbocycles. The third kappa shape index (κ3) is 2.80. The van der Waals surface area contributed by atoms with E-state index >= 15 is 0 Å². The van der Waals surface area contributed by atoms with E-state index in [0.29, 0.717) is 5.56 Å². The average Bonchev–Trinajstić information content (AvgIpc) is 2.46. The molecule has 0 unspecified atom stereocenters. The third-order valence-corrected chi connectivity index (χ3v) is 4.57. The van der Waals surface area contributed by atoms with Crippen LogP contribution in [0.3, 0.4) is 0 Å². The van der Waals surface area contributed by atoms with E-state index in [1.807, 2.05) is 24.3 Å². The predicted octanol–water partition coefficient (Wildman–Crippen LogP) is 4.06. The fourth-order valence-electron chi connectivity index (χ4n) is 2.20. The molecule has 0 amide bonds. The van der Waals surface area contributed by atoms with Crippen molar-refractivity contribution >= 4 is 20.9 Å². The number of halogens is 1. The van der Waals surface area contributed by atoms with Crippen molar-refractivity contribution < 1.29 is 17.0 Å². The van der Waals surface area contributed by atoms with Crippen LogP contribution in [-0.2, 0) is 10.1 Å². The highest BCUT2D eigenvalue weighted by atomic mass is 32.2. The van der Waals surface area contributed by atoms with Crippen molar-refractivity contribution in [3.05, 3.63) is 72.0 Å². The molecule has 0 heterocycles. The molecule has 0 atom stereocenters. The van der Waals surface area contributed by atoms with Crippen LogP contribution in [0.15, 0.2) is 65.6 Å². The summed E-state index contributed by atoms with van der Waals surface area (Å²) < 4.78 is 43.3. The Balaban J connectivity index is 1.99. The summed E-state index contributed by atoms with van der Waals surface area (Å²) in [6.45, 7) is 1.68. The molecule has 0 aromatic heterocycles. The number of hydrogen-bond acceptors (Lipinski definition) is 3. The van der Waals surface area contributed by atoms with E-state index in [0.717, 1.165) is 16.8 Å². The Morgan fingerprint density at radius 3 is 2.36 bits per heavy atom. The lowest BCUT2D eigenvalue weighted by Gasteiger charge is -2.09. The fourth-order valence-corrected chi connectivity index (χ4v) is 3.18. The van der Waals surface area contributed by atoms with Crippen molar-refractivity contribution in [3.8, 4) is 5.75 Å². The molecule has 0 bridgehead atoms. The van der Waals surface area contributed by atoms with Gasteiger partial charge in [0.25, 0.3) is 0 Å². The lowest BCUT2D eigenvalue weighted by molar-refractivity contribution is 0.476. The highest BCUT2D eigenvalue weighted by Gasteiger charge is 2.21. The molecule has 0 aliphatic carbocycles. The van der Waals surface area contributed by atoms with Gasteiger partial charge in [-0.3, -0.25) is 0 Å². The normalized spacial score (nSPS) is 11.5. The zero-order valence-electron chi connectivity index (χ0n) is 11.8. The Morgan fingerprint density at radius 2 is 1.64 bits per heavy atom. The minimum atomic E-state index is -4.20. The second kappa shape index (κ2) is 5.42. The second-order valence-electron chi connectivity index (χ2n) is 4.98. The molecule has 0 spiro atoms. The molecular formula is C17H13FO3S. The van der Waals surface area contributed by atoms with Gasteiger partial charge in [-0.05, 0) is 47.5 Å². The second-order valence-corrected chi connectivity index (χ2v) is 6.50. The summed E-state index contributed by atoms with van der Waals surface area (Å²) in [5, 5.41) is 1.81. The Labute approximate surface area is 128 Å². The molecule has 0 aliphatic rings. The standard InChI is InChI=1S/C17H13FO3S/c1-12-6-9-17(16(18)10-12)22(19,20)21-15-8-7-13-4-2-3-5-14(13)11-15/h2-11H,1H3. The van der Waals surface area contributed by atoms with Crippen molar-refractivity contribution in [2.75, 3.05) is 0 Å².